The SMILES string of the molecule is C.O=C1C=CC(=O)C=C1.O=C1C=CC(=O)C=C1. The zero-order valence-corrected chi connectivity index (χ0v) is 8.25. The van der Waals surface area contributed by atoms with Crippen LogP contribution in [0.1, 0.15) is 7.43 Å². The first-order valence-electron chi connectivity index (χ1n) is 4.46. The summed E-state index contributed by atoms with van der Waals surface area (Å²) in [5.41, 5.74) is 0. The fourth-order valence-electron chi connectivity index (χ4n) is 0.879. The van der Waals surface area contributed by atoms with Crippen LogP contribution in [0.25, 0.3) is 0 Å². The van der Waals surface area contributed by atoms with E-state index in [4.69, 9.17) is 0 Å². The first kappa shape index (κ1) is 14.6. The molecular formula is C13H12O4. The molecule has 0 heterocycles. The lowest BCUT2D eigenvalue weighted by atomic mass is 10.2. The Balaban J connectivity index is 0.000000284. The van der Waals surface area contributed by atoms with Crippen molar-refractivity contribution in [1.82, 2.24) is 0 Å². The van der Waals surface area contributed by atoms with Crippen LogP contribution in [0.4, 0.5) is 0 Å². The van der Waals surface area contributed by atoms with Gasteiger partial charge in [0.05, 0.1) is 0 Å². The van der Waals surface area contributed by atoms with Gasteiger partial charge in [-0.1, -0.05) is 7.43 Å². The van der Waals surface area contributed by atoms with E-state index in [1.165, 1.54) is 48.6 Å². The standard InChI is InChI=1S/2C6H4O2.CH4/c2*7-5-1-2-6(8)4-3-5;/h2*1-4H;1H4. The molecule has 0 radical (unpaired) electrons. The zero-order valence-electron chi connectivity index (χ0n) is 8.25. The largest absolute Gasteiger partial charge is 0.290 e. The molecule has 2 rings (SSSR count). The van der Waals surface area contributed by atoms with E-state index in [0.29, 0.717) is 0 Å². The molecule has 0 fully saturated rings. The maximum atomic E-state index is 10.3. The van der Waals surface area contributed by atoms with Crippen LogP contribution in [0.15, 0.2) is 48.6 Å². The van der Waals surface area contributed by atoms with Gasteiger partial charge >= 0.3 is 0 Å². The van der Waals surface area contributed by atoms with Crippen molar-refractivity contribution in [2.75, 3.05) is 0 Å². The molecule has 17 heavy (non-hydrogen) atoms. The molecule has 0 saturated carbocycles. The van der Waals surface area contributed by atoms with Crippen molar-refractivity contribution in [3.8, 4) is 0 Å². The van der Waals surface area contributed by atoms with Crippen LogP contribution in [0.3, 0.4) is 0 Å². The summed E-state index contributed by atoms with van der Waals surface area (Å²) >= 11 is 0. The third-order valence-corrected chi connectivity index (χ3v) is 1.65. The van der Waals surface area contributed by atoms with Crippen LogP contribution < -0.4 is 0 Å². The van der Waals surface area contributed by atoms with Crippen molar-refractivity contribution >= 4 is 23.1 Å². The van der Waals surface area contributed by atoms with Gasteiger partial charge in [0.25, 0.3) is 0 Å². The molecule has 0 aromatic carbocycles. The van der Waals surface area contributed by atoms with E-state index >= 15 is 0 Å². The summed E-state index contributed by atoms with van der Waals surface area (Å²) in [6.07, 6.45) is 10.0. The molecule has 88 valence electrons. The second-order valence-electron chi connectivity index (χ2n) is 2.94. The summed E-state index contributed by atoms with van der Waals surface area (Å²) in [7, 11) is 0. The summed E-state index contributed by atoms with van der Waals surface area (Å²) in [4.78, 5) is 41.1. The number of rotatable bonds is 0. The molecular weight excluding hydrogens is 220 g/mol. The number of carbonyl (C=O) groups excluding carboxylic acids is 4. The van der Waals surface area contributed by atoms with Gasteiger partial charge in [0.15, 0.2) is 23.1 Å². The third kappa shape index (κ3) is 5.94. The Hall–Kier alpha value is -2.36. The first-order chi connectivity index (χ1) is 7.58. The summed E-state index contributed by atoms with van der Waals surface area (Å²) in [5.74, 6) is -0.483. The Labute approximate surface area is 99.0 Å². The van der Waals surface area contributed by atoms with Crippen molar-refractivity contribution in [2.24, 2.45) is 0 Å². The highest BCUT2D eigenvalue weighted by Crippen LogP contribution is 1.91. The van der Waals surface area contributed by atoms with E-state index in [2.05, 4.69) is 0 Å². The lowest BCUT2D eigenvalue weighted by Crippen LogP contribution is -1.97. The van der Waals surface area contributed by atoms with E-state index in [1.807, 2.05) is 0 Å². The van der Waals surface area contributed by atoms with E-state index in [9.17, 15) is 19.2 Å². The quantitative estimate of drug-likeness (QED) is 0.587. The predicted octanol–water partition coefficient (Wildman–Crippen LogP) is 1.14. The molecule has 0 aromatic heterocycles. The molecule has 4 nitrogen and oxygen atoms in total. The van der Waals surface area contributed by atoms with Crippen LogP contribution >= 0.6 is 0 Å². The summed E-state index contributed by atoms with van der Waals surface area (Å²) in [6, 6.07) is 0. The monoisotopic (exact) mass is 232 g/mol. The Morgan fingerprint density at radius 3 is 0.647 bits per heavy atom. The van der Waals surface area contributed by atoms with Gasteiger partial charge < -0.3 is 0 Å². The average molecular weight is 232 g/mol. The van der Waals surface area contributed by atoms with Gasteiger partial charge in [-0.15, -0.1) is 0 Å². The van der Waals surface area contributed by atoms with Crippen molar-refractivity contribution in [2.45, 2.75) is 7.43 Å². The molecule has 0 atom stereocenters. The van der Waals surface area contributed by atoms with Gasteiger partial charge in [-0.25, -0.2) is 0 Å². The van der Waals surface area contributed by atoms with Gasteiger partial charge in [0.2, 0.25) is 0 Å². The molecule has 0 spiro atoms. The molecule has 0 bridgehead atoms. The van der Waals surface area contributed by atoms with Crippen molar-refractivity contribution in [3.63, 3.8) is 0 Å². The predicted molar refractivity (Wildman–Crippen MR) is 63.3 cm³/mol. The minimum atomic E-state index is -0.121. The maximum Gasteiger partial charge on any atom is 0.178 e. The van der Waals surface area contributed by atoms with Crippen LogP contribution in [0.5, 0.6) is 0 Å². The fourth-order valence-corrected chi connectivity index (χ4v) is 0.879. The van der Waals surface area contributed by atoms with Crippen molar-refractivity contribution in [1.29, 1.82) is 0 Å². The normalized spacial score (nSPS) is 16.5. The van der Waals surface area contributed by atoms with E-state index in [1.54, 1.807) is 0 Å². The Morgan fingerprint density at radius 2 is 0.529 bits per heavy atom. The number of allylic oxidation sites excluding steroid dienone is 8. The first-order valence-corrected chi connectivity index (χ1v) is 4.46. The van der Waals surface area contributed by atoms with Gasteiger partial charge in [-0.05, 0) is 48.6 Å². The second kappa shape index (κ2) is 7.00. The lowest BCUT2D eigenvalue weighted by molar-refractivity contribution is -0.113. The maximum absolute atomic E-state index is 10.3. The topological polar surface area (TPSA) is 68.3 Å². The zero-order chi connectivity index (χ0) is 12.0. The molecule has 2 aliphatic rings. The van der Waals surface area contributed by atoms with Gasteiger partial charge in [0.1, 0.15) is 0 Å². The van der Waals surface area contributed by atoms with Crippen molar-refractivity contribution in [3.05, 3.63) is 48.6 Å². The third-order valence-electron chi connectivity index (χ3n) is 1.65. The summed E-state index contributed by atoms with van der Waals surface area (Å²) in [6.45, 7) is 0. The molecule has 0 unspecified atom stereocenters. The highest BCUT2D eigenvalue weighted by atomic mass is 16.1. The number of carbonyl (C=O) groups is 4. The molecule has 0 aromatic rings. The molecule has 0 aliphatic heterocycles. The number of hydrogen-bond donors (Lipinski definition) is 0. The van der Waals surface area contributed by atoms with Gasteiger partial charge in [-0.2, -0.15) is 0 Å². The van der Waals surface area contributed by atoms with Crippen LogP contribution in [-0.2, 0) is 19.2 Å². The Kier molecular flexibility index (Phi) is 6.03. The highest BCUT2D eigenvalue weighted by molar-refractivity contribution is 6.14. The van der Waals surface area contributed by atoms with E-state index < -0.39 is 0 Å². The minimum absolute atomic E-state index is 0. The summed E-state index contributed by atoms with van der Waals surface area (Å²) < 4.78 is 0. The average Bonchev–Trinajstić information content (AvgIpc) is 2.28. The fraction of sp³-hybridized carbons (Fsp3) is 0.0769. The second-order valence-corrected chi connectivity index (χ2v) is 2.94. The molecule has 0 N–H and O–H groups in total. The van der Waals surface area contributed by atoms with E-state index in [-0.39, 0.29) is 30.6 Å². The van der Waals surface area contributed by atoms with Gasteiger partial charge in [0, 0.05) is 0 Å². The highest BCUT2D eigenvalue weighted by Gasteiger charge is 1.98. The van der Waals surface area contributed by atoms with E-state index in [0.717, 1.165) is 0 Å². The Morgan fingerprint density at radius 1 is 0.412 bits per heavy atom. The summed E-state index contributed by atoms with van der Waals surface area (Å²) in [5, 5.41) is 0. The van der Waals surface area contributed by atoms with Crippen molar-refractivity contribution < 1.29 is 19.2 Å². The number of ketones is 4. The van der Waals surface area contributed by atoms with Gasteiger partial charge in [-0.3, -0.25) is 19.2 Å². The molecule has 2 aliphatic carbocycles. The van der Waals surface area contributed by atoms with Crippen LogP contribution in [-0.4, -0.2) is 23.1 Å². The molecule has 4 heteroatoms. The minimum Gasteiger partial charge on any atom is -0.290 e. The molecule has 0 saturated heterocycles. The van der Waals surface area contributed by atoms with Crippen LogP contribution in [0, 0.1) is 0 Å². The smallest absolute Gasteiger partial charge is 0.178 e. The Bertz CT molecular complexity index is 342. The lowest BCUT2D eigenvalue weighted by Gasteiger charge is -1.87. The number of hydrogen-bond acceptors (Lipinski definition) is 4. The van der Waals surface area contributed by atoms with Crippen LogP contribution in [0.2, 0.25) is 0 Å². The molecule has 0 amide bonds.